The number of benzene rings is 1. The average molecular weight is 499 g/mol. The maximum absolute atomic E-state index is 13.5. The molecule has 0 radical (unpaired) electrons. The van der Waals surface area contributed by atoms with E-state index in [0.717, 1.165) is 18.7 Å². The monoisotopic (exact) mass is 499 g/mol. The lowest BCUT2D eigenvalue weighted by Crippen LogP contribution is -2.41. The maximum atomic E-state index is 13.5. The number of aryl methyl sites for hydroxylation is 1. The van der Waals surface area contributed by atoms with Gasteiger partial charge in [-0.3, -0.25) is 14.8 Å². The fraction of sp³-hybridized carbons (Fsp3) is 0.350. The zero-order valence-corrected chi connectivity index (χ0v) is 18.5. The van der Waals surface area contributed by atoms with Gasteiger partial charge in [0.1, 0.15) is 5.82 Å². The average Bonchev–Trinajstić information content (AvgIpc) is 2.68. The molecule has 0 aliphatic heterocycles. The lowest BCUT2D eigenvalue weighted by molar-refractivity contribution is 0.0954. The van der Waals surface area contributed by atoms with Crippen LogP contribution in [0.25, 0.3) is 0 Å². The summed E-state index contributed by atoms with van der Waals surface area (Å²) in [5, 5.41) is 9.09. The van der Waals surface area contributed by atoms with Gasteiger partial charge in [-0.15, -0.1) is 24.0 Å². The van der Waals surface area contributed by atoms with Crippen LogP contribution in [0.1, 0.15) is 28.5 Å². The summed E-state index contributed by atoms with van der Waals surface area (Å²) in [7, 11) is 0. The Morgan fingerprint density at radius 3 is 2.61 bits per heavy atom. The fourth-order valence-corrected chi connectivity index (χ4v) is 2.36. The molecule has 1 aromatic heterocycles. The van der Waals surface area contributed by atoms with Gasteiger partial charge in [-0.2, -0.15) is 0 Å². The number of halogens is 2. The van der Waals surface area contributed by atoms with Crippen LogP contribution < -0.4 is 16.0 Å². The van der Waals surface area contributed by atoms with Crippen LogP contribution in [0, 0.1) is 12.7 Å². The summed E-state index contributed by atoms with van der Waals surface area (Å²) in [6.07, 6.45) is 2.53. The Hall–Kier alpha value is -2.23. The van der Waals surface area contributed by atoms with Gasteiger partial charge in [0.05, 0.1) is 0 Å². The van der Waals surface area contributed by atoms with Crippen molar-refractivity contribution in [3.63, 3.8) is 0 Å². The fourth-order valence-electron chi connectivity index (χ4n) is 2.36. The van der Waals surface area contributed by atoms with Gasteiger partial charge in [-0.1, -0.05) is 12.1 Å². The molecule has 1 heterocycles. The number of nitrogens with one attached hydrogen (secondary N) is 3. The first-order chi connectivity index (χ1) is 13.1. The molecule has 0 atom stereocenters. The molecule has 3 N–H and O–H groups in total. The molecule has 28 heavy (non-hydrogen) atoms. The highest BCUT2D eigenvalue weighted by Crippen LogP contribution is 2.08. The Balaban J connectivity index is 0.00000392. The number of pyridine rings is 1. The first-order valence-corrected chi connectivity index (χ1v) is 9.06. The lowest BCUT2D eigenvalue weighted by atomic mass is 10.1. The highest BCUT2D eigenvalue weighted by molar-refractivity contribution is 14.0. The van der Waals surface area contributed by atoms with Crippen LogP contribution in [-0.2, 0) is 6.42 Å². The summed E-state index contributed by atoms with van der Waals surface area (Å²) >= 11 is 0. The van der Waals surface area contributed by atoms with Gasteiger partial charge < -0.3 is 16.0 Å². The van der Waals surface area contributed by atoms with E-state index in [1.54, 1.807) is 25.3 Å². The number of aromatic nitrogens is 1. The molecule has 1 aromatic carbocycles. The number of carbonyl (C=O) groups is 1. The quantitative estimate of drug-likeness (QED) is 0.226. The van der Waals surface area contributed by atoms with E-state index >= 15 is 0 Å². The molecule has 2 rings (SSSR count). The molecule has 0 aliphatic carbocycles. The number of rotatable bonds is 8. The largest absolute Gasteiger partial charge is 0.357 e. The van der Waals surface area contributed by atoms with Crippen LogP contribution in [0.4, 0.5) is 4.39 Å². The Labute approximate surface area is 182 Å². The Kier molecular flexibility index (Phi) is 11.1. The van der Waals surface area contributed by atoms with Crippen molar-refractivity contribution in [1.82, 2.24) is 20.9 Å². The van der Waals surface area contributed by atoms with Crippen LogP contribution in [0.5, 0.6) is 0 Å². The van der Waals surface area contributed by atoms with E-state index in [-0.39, 0.29) is 35.7 Å². The minimum atomic E-state index is -0.379. The van der Waals surface area contributed by atoms with Crippen LogP contribution in [0.2, 0.25) is 0 Å². The number of hydrogen-bond donors (Lipinski definition) is 3. The number of hydrogen-bond acceptors (Lipinski definition) is 3. The second-order valence-electron chi connectivity index (χ2n) is 5.98. The summed E-state index contributed by atoms with van der Waals surface area (Å²) in [6, 6.07) is 10.3. The minimum Gasteiger partial charge on any atom is -0.357 e. The van der Waals surface area contributed by atoms with Crippen molar-refractivity contribution < 1.29 is 9.18 Å². The first-order valence-electron chi connectivity index (χ1n) is 9.06. The molecule has 0 saturated heterocycles. The van der Waals surface area contributed by atoms with Crippen molar-refractivity contribution in [2.45, 2.75) is 20.3 Å². The number of aliphatic imine (C=N–C) groups is 1. The lowest BCUT2D eigenvalue weighted by Gasteiger charge is -2.12. The molecule has 2 aromatic rings. The molecule has 0 aliphatic rings. The van der Waals surface area contributed by atoms with Gasteiger partial charge in [-0.25, -0.2) is 4.39 Å². The van der Waals surface area contributed by atoms with Gasteiger partial charge >= 0.3 is 0 Å². The SMILES string of the molecule is CCNC(=NCCc1ccccn1)NCCNC(=O)c1ccc(C)c(F)c1.I. The van der Waals surface area contributed by atoms with Crippen molar-refractivity contribution in [2.24, 2.45) is 4.99 Å². The minimum absolute atomic E-state index is 0. The predicted octanol–water partition coefficient (Wildman–Crippen LogP) is 2.67. The molecule has 8 heteroatoms. The van der Waals surface area contributed by atoms with E-state index in [2.05, 4.69) is 25.9 Å². The second kappa shape index (κ2) is 13.0. The van der Waals surface area contributed by atoms with Gasteiger partial charge in [0, 0.05) is 50.1 Å². The standard InChI is InChI=1S/C20H26FN5O.HI/c1-3-22-20(25-11-9-17-6-4-5-10-23-17)26-13-12-24-19(27)16-8-7-15(2)18(21)14-16;/h4-8,10,14H,3,9,11-13H2,1-2H3,(H,24,27)(H2,22,25,26);1H. The van der Waals surface area contributed by atoms with Gasteiger partial charge in [0.2, 0.25) is 0 Å². The van der Waals surface area contributed by atoms with Crippen molar-refractivity contribution in [2.75, 3.05) is 26.2 Å². The Morgan fingerprint density at radius 2 is 1.93 bits per heavy atom. The van der Waals surface area contributed by atoms with E-state index in [0.29, 0.717) is 36.7 Å². The van der Waals surface area contributed by atoms with Crippen LogP contribution in [0.15, 0.2) is 47.6 Å². The van der Waals surface area contributed by atoms with Crippen LogP contribution >= 0.6 is 24.0 Å². The second-order valence-corrected chi connectivity index (χ2v) is 5.98. The molecular weight excluding hydrogens is 472 g/mol. The smallest absolute Gasteiger partial charge is 0.251 e. The van der Waals surface area contributed by atoms with Crippen molar-refractivity contribution in [3.8, 4) is 0 Å². The molecule has 0 fully saturated rings. The zero-order chi connectivity index (χ0) is 19.5. The third kappa shape index (κ3) is 8.20. The summed E-state index contributed by atoms with van der Waals surface area (Å²) in [4.78, 5) is 20.8. The topological polar surface area (TPSA) is 78.4 Å². The molecule has 0 unspecified atom stereocenters. The third-order valence-corrected chi connectivity index (χ3v) is 3.85. The van der Waals surface area contributed by atoms with E-state index in [1.807, 2.05) is 25.1 Å². The number of nitrogens with zero attached hydrogens (tertiary/aromatic N) is 2. The summed E-state index contributed by atoms with van der Waals surface area (Å²) < 4.78 is 13.5. The summed E-state index contributed by atoms with van der Waals surface area (Å²) in [6.45, 7) is 5.92. The van der Waals surface area contributed by atoms with Crippen LogP contribution in [-0.4, -0.2) is 43.0 Å². The third-order valence-electron chi connectivity index (χ3n) is 3.85. The zero-order valence-electron chi connectivity index (χ0n) is 16.2. The number of amides is 1. The summed E-state index contributed by atoms with van der Waals surface area (Å²) in [5.74, 6) is 0.00657. The first kappa shape index (κ1) is 23.8. The van der Waals surface area contributed by atoms with Gasteiger partial charge in [-0.05, 0) is 43.7 Å². The van der Waals surface area contributed by atoms with E-state index < -0.39 is 0 Å². The Bertz CT molecular complexity index is 770. The number of guanidine groups is 1. The highest BCUT2D eigenvalue weighted by atomic mass is 127. The Morgan fingerprint density at radius 1 is 1.14 bits per heavy atom. The molecule has 0 saturated carbocycles. The molecule has 0 spiro atoms. The maximum Gasteiger partial charge on any atom is 0.251 e. The van der Waals surface area contributed by atoms with Crippen molar-refractivity contribution in [1.29, 1.82) is 0 Å². The van der Waals surface area contributed by atoms with Crippen LogP contribution in [0.3, 0.4) is 0 Å². The molecule has 152 valence electrons. The van der Waals surface area contributed by atoms with Crippen molar-refractivity contribution in [3.05, 3.63) is 65.2 Å². The van der Waals surface area contributed by atoms with E-state index in [9.17, 15) is 9.18 Å². The highest BCUT2D eigenvalue weighted by Gasteiger charge is 2.07. The molecular formula is C20H27FIN5O. The van der Waals surface area contributed by atoms with E-state index in [1.165, 1.54) is 6.07 Å². The molecule has 6 nitrogen and oxygen atoms in total. The predicted molar refractivity (Wildman–Crippen MR) is 121 cm³/mol. The normalized spacial score (nSPS) is 10.8. The number of carbonyl (C=O) groups excluding carboxylic acids is 1. The molecule has 1 amide bonds. The van der Waals surface area contributed by atoms with E-state index in [4.69, 9.17) is 0 Å². The molecule has 0 bridgehead atoms. The van der Waals surface area contributed by atoms with Crippen molar-refractivity contribution >= 4 is 35.8 Å². The summed E-state index contributed by atoms with van der Waals surface area (Å²) in [5.41, 5.74) is 1.83. The van der Waals surface area contributed by atoms with Gasteiger partial charge in [0.15, 0.2) is 5.96 Å². The van der Waals surface area contributed by atoms with Gasteiger partial charge in [0.25, 0.3) is 5.91 Å².